The lowest BCUT2D eigenvalue weighted by Crippen LogP contribution is -2.56. The van der Waals surface area contributed by atoms with Crippen LogP contribution in [0.3, 0.4) is 0 Å². The van der Waals surface area contributed by atoms with E-state index in [0.29, 0.717) is 57.2 Å². The number of carboxylic acids is 1. The number of aliphatic carboxylic acids is 1. The highest BCUT2D eigenvalue weighted by atomic mass is 19.4. The molecule has 2 aliphatic heterocycles. The van der Waals surface area contributed by atoms with Crippen LogP contribution in [-0.2, 0) is 28.4 Å². The summed E-state index contributed by atoms with van der Waals surface area (Å²) in [7, 11) is 1.81. The van der Waals surface area contributed by atoms with Crippen molar-refractivity contribution < 1.29 is 45.8 Å². The third-order valence-electron chi connectivity index (χ3n) is 9.37. The summed E-state index contributed by atoms with van der Waals surface area (Å²) in [5, 5.41) is 15.2. The molecule has 1 amide bonds. The SMILES string of the molecule is C[C@@H]1C[C@H](N(Cc2cc(C(F)(F)F)cc(C(F)(F)F)c2)c2ncc(C3C=NN(C)C3)cn2)C[C@H](C)N1C(=O)O[C@H]1CC[C@H](C(=O)O)CC1. The fourth-order valence-corrected chi connectivity index (χ4v) is 6.90. The predicted molar refractivity (Wildman–Crippen MR) is 162 cm³/mol. The van der Waals surface area contributed by atoms with Gasteiger partial charge >= 0.3 is 24.4 Å². The molecule has 1 aromatic heterocycles. The number of hydrogen-bond donors (Lipinski definition) is 1. The van der Waals surface area contributed by atoms with Crippen LogP contribution in [0, 0.1) is 5.92 Å². The van der Waals surface area contributed by atoms with Gasteiger partial charge in [0, 0.05) is 62.8 Å². The van der Waals surface area contributed by atoms with Gasteiger partial charge in [0.05, 0.1) is 17.0 Å². The number of hydrogen-bond acceptors (Lipinski definition) is 8. The zero-order valence-corrected chi connectivity index (χ0v) is 26.7. The second kappa shape index (κ2) is 13.8. The molecule has 10 nitrogen and oxygen atoms in total. The van der Waals surface area contributed by atoms with Gasteiger partial charge in [-0.15, -0.1) is 0 Å². The van der Waals surface area contributed by atoms with E-state index in [2.05, 4.69) is 15.1 Å². The maximum Gasteiger partial charge on any atom is 0.416 e. The number of piperidine rings is 1. The summed E-state index contributed by atoms with van der Waals surface area (Å²) in [5.74, 6) is -1.29. The number of hydrazone groups is 1. The Bertz CT molecular complexity index is 1450. The molecule has 1 unspecified atom stereocenters. The standard InChI is InChI=1S/C32H38F6N6O4/c1-18-8-26(9-19(2)44(18)30(47)48-27-6-4-21(5-7-27)28(45)46)43(29-39-13-22(14-40-29)23-15-41-42(3)17-23)16-20-10-24(31(33,34)35)12-25(11-20)32(36,37)38/h10-15,18-19,21,23,26-27H,4-9,16-17H2,1-3H3,(H,45,46)/t18-,19+,21-,23?,26+,27-. The Labute approximate surface area is 273 Å². The van der Waals surface area contributed by atoms with Gasteiger partial charge in [-0.25, -0.2) is 14.8 Å². The van der Waals surface area contributed by atoms with Crippen LogP contribution < -0.4 is 4.90 Å². The lowest BCUT2D eigenvalue weighted by Gasteiger charge is -2.46. The minimum Gasteiger partial charge on any atom is -0.481 e. The molecule has 4 atom stereocenters. The van der Waals surface area contributed by atoms with Crippen molar-refractivity contribution >= 4 is 24.2 Å². The van der Waals surface area contributed by atoms with Crippen LogP contribution in [0.25, 0.3) is 0 Å². The first-order valence-electron chi connectivity index (χ1n) is 15.8. The second-order valence-electron chi connectivity index (χ2n) is 13.0. The van der Waals surface area contributed by atoms with E-state index in [1.807, 2.05) is 7.05 Å². The number of carbonyl (C=O) groups is 2. The van der Waals surface area contributed by atoms with Gasteiger partial charge < -0.3 is 19.6 Å². The minimum atomic E-state index is -5.00. The molecule has 16 heteroatoms. The number of likely N-dealkylation sites (N-methyl/N-ethyl adjacent to an activating group) is 1. The lowest BCUT2D eigenvalue weighted by molar-refractivity contribution is -0.144. The van der Waals surface area contributed by atoms with Gasteiger partial charge in [-0.3, -0.25) is 9.80 Å². The lowest BCUT2D eigenvalue weighted by atomic mass is 9.87. The molecule has 1 N–H and O–H groups in total. The number of halogens is 6. The molecule has 2 fully saturated rings. The molecule has 1 aromatic carbocycles. The van der Waals surface area contributed by atoms with E-state index in [-0.39, 0.29) is 30.0 Å². The molecule has 0 spiro atoms. The number of likely N-dealkylation sites (tertiary alicyclic amines) is 1. The Balaban J connectivity index is 1.40. The summed E-state index contributed by atoms with van der Waals surface area (Å²) in [5.41, 5.74) is -2.29. The topological polar surface area (TPSA) is 111 Å². The monoisotopic (exact) mass is 684 g/mol. The Kier molecular flexibility index (Phi) is 10.1. The number of benzene rings is 1. The summed E-state index contributed by atoms with van der Waals surface area (Å²) in [6.07, 6.45) is -3.77. The van der Waals surface area contributed by atoms with E-state index in [0.717, 1.165) is 5.56 Å². The van der Waals surface area contributed by atoms with Crippen molar-refractivity contribution in [3.63, 3.8) is 0 Å². The van der Waals surface area contributed by atoms with Crippen molar-refractivity contribution in [1.29, 1.82) is 0 Å². The van der Waals surface area contributed by atoms with Crippen molar-refractivity contribution in [1.82, 2.24) is 19.9 Å². The average Bonchev–Trinajstić information content (AvgIpc) is 3.45. The van der Waals surface area contributed by atoms with E-state index in [1.54, 1.807) is 47.3 Å². The summed E-state index contributed by atoms with van der Waals surface area (Å²) in [6.45, 7) is 3.85. The van der Waals surface area contributed by atoms with Crippen molar-refractivity contribution in [2.24, 2.45) is 11.0 Å². The summed E-state index contributed by atoms with van der Waals surface area (Å²) >= 11 is 0. The zero-order valence-electron chi connectivity index (χ0n) is 26.7. The number of aromatic nitrogens is 2. The van der Waals surface area contributed by atoms with Gasteiger partial charge in [0.2, 0.25) is 5.95 Å². The van der Waals surface area contributed by atoms with Gasteiger partial charge in [-0.2, -0.15) is 31.4 Å². The molecule has 0 bridgehead atoms. The average molecular weight is 685 g/mol. The van der Waals surface area contributed by atoms with Crippen LogP contribution in [0.2, 0.25) is 0 Å². The molecule has 2 aromatic rings. The fourth-order valence-electron chi connectivity index (χ4n) is 6.90. The maximum atomic E-state index is 13.7. The largest absolute Gasteiger partial charge is 0.481 e. The highest BCUT2D eigenvalue weighted by molar-refractivity contribution is 5.71. The van der Waals surface area contributed by atoms with Crippen LogP contribution in [0.15, 0.2) is 35.7 Å². The van der Waals surface area contributed by atoms with Crippen LogP contribution >= 0.6 is 0 Å². The molecular weight excluding hydrogens is 646 g/mol. The smallest absolute Gasteiger partial charge is 0.416 e. The Hall–Kier alpha value is -4.11. The number of carbonyl (C=O) groups excluding carboxylic acids is 1. The van der Waals surface area contributed by atoms with E-state index in [4.69, 9.17) is 4.74 Å². The van der Waals surface area contributed by atoms with E-state index in [1.165, 1.54) is 0 Å². The van der Waals surface area contributed by atoms with Gasteiger partial charge in [0.1, 0.15) is 6.10 Å². The van der Waals surface area contributed by atoms with Gasteiger partial charge in [0.15, 0.2) is 0 Å². The quantitative estimate of drug-likeness (QED) is 0.327. The second-order valence-corrected chi connectivity index (χ2v) is 13.0. The number of rotatable bonds is 7. The van der Waals surface area contributed by atoms with E-state index < -0.39 is 65.7 Å². The van der Waals surface area contributed by atoms with Gasteiger partial charge in [0.25, 0.3) is 0 Å². The van der Waals surface area contributed by atoms with E-state index in [9.17, 15) is 41.0 Å². The fraction of sp³-hybridized carbons (Fsp3) is 0.594. The molecule has 1 aliphatic carbocycles. The molecule has 262 valence electrons. The molecule has 3 heterocycles. The molecule has 0 radical (unpaired) electrons. The molecule has 3 aliphatic rings. The highest BCUT2D eigenvalue weighted by Crippen LogP contribution is 2.38. The van der Waals surface area contributed by atoms with Crippen molar-refractivity contribution in [2.45, 2.75) is 101 Å². The van der Waals surface area contributed by atoms with Gasteiger partial charge in [-0.05, 0) is 81.7 Å². The van der Waals surface area contributed by atoms with Crippen molar-refractivity contribution in [3.05, 3.63) is 52.8 Å². The minimum absolute atomic E-state index is 0.0798. The Morgan fingerprint density at radius 3 is 1.98 bits per heavy atom. The maximum absolute atomic E-state index is 13.7. The summed E-state index contributed by atoms with van der Waals surface area (Å²) in [4.78, 5) is 36.8. The zero-order chi connectivity index (χ0) is 35.0. The highest BCUT2D eigenvalue weighted by Gasteiger charge is 2.41. The molecule has 48 heavy (non-hydrogen) atoms. The first-order valence-corrected chi connectivity index (χ1v) is 15.8. The number of carboxylic acid groups (broad SMARTS) is 1. The van der Waals surface area contributed by atoms with Crippen molar-refractivity contribution in [2.75, 3.05) is 18.5 Å². The predicted octanol–water partition coefficient (Wildman–Crippen LogP) is 6.56. The molecule has 1 saturated carbocycles. The molecular formula is C32H38F6N6O4. The summed E-state index contributed by atoms with van der Waals surface area (Å²) in [6, 6.07) is 0.224. The normalized spacial score (nSPS) is 26.4. The first-order chi connectivity index (χ1) is 22.5. The number of alkyl halides is 6. The Morgan fingerprint density at radius 2 is 1.50 bits per heavy atom. The number of nitrogens with zero attached hydrogens (tertiary/aromatic N) is 6. The first kappa shape index (κ1) is 35.2. The van der Waals surface area contributed by atoms with Crippen LogP contribution in [0.5, 0.6) is 0 Å². The Morgan fingerprint density at radius 1 is 0.938 bits per heavy atom. The van der Waals surface area contributed by atoms with Crippen LogP contribution in [0.4, 0.5) is 37.1 Å². The van der Waals surface area contributed by atoms with Gasteiger partial charge in [-0.1, -0.05) is 0 Å². The number of anilines is 1. The third-order valence-corrected chi connectivity index (χ3v) is 9.37. The number of amides is 1. The molecule has 5 rings (SSSR count). The van der Waals surface area contributed by atoms with Crippen LogP contribution in [0.1, 0.15) is 80.5 Å². The van der Waals surface area contributed by atoms with Crippen LogP contribution in [-0.4, -0.2) is 81.1 Å². The third kappa shape index (κ3) is 8.12. The van der Waals surface area contributed by atoms with E-state index >= 15 is 0 Å². The summed E-state index contributed by atoms with van der Waals surface area (Å²) < 4.78 is 88.1. The van der Waals surface area contributed by atoms with Crippen molar-refractivity contribution in [3.8, 4) is 0 Å². The molecule has 1 saturated heterocycles. The number of ether oxygens (including phenoxy) is 1.